The van der Waals surface area contributed by atoms with E-state index in [-0.39, 0.29) is 0 Å². The molecule has 0 radical (unpaired) electrons. The summed E-state index contributed by atoms with van der Waals surface area (Å²) in [4.78, 5) is 2.12. The maximum Gasteiger partial charge on any atom is 0.318 e. The number of nitrogens with one attached hydrogen (secondary N) is 1. The van der Waals surface area contributed by atoms with Crippen LogP contribution in [0, 0.1) is 0 Å². The van der Waals surface area contributed by atoms with E-state index >= 15 is 0 Å². The minimum Gasteiger partial charge on any atom is -0.407 e. The van der Waals surface area contributed by atoms with Crippen molar-refractivity contribution in [3.63, 3.8) is 0 Å². The number of hydrogen-bond donors (Lipinski definition) is 1. The van der Waals surface area contributed by atoms with Crippen molar-refractivity contribution < 1.29 is 4.42 Å². The topological polar surface area (TPSA) is 54.2 Å². The molecule has 0 aromatic carbocycles. The highest BCUT2D eigenvalue weighted by atomic mass is 16.4. The Bertz CT molecular complexity index is 311. The first-order valence-corrected chi connectivity index (χ1v) is 6.48. The monoisotopic (exact) mass is 240 g/mol. The van der Waals surface area contributed by atoms with Crippen LogP contribution in [0.2, 0.25) is 0 Å². The normalized spacial score (nSPS) is 11.1. The van der Waals surface area contributed by atoms with Gasteiger partial charge in [-0.15, -0.1) is 5.10 Å². The van der Waals surface area contributed by atoms with Gasteiger partial charge in [0.1, 0.15) is 0 Å². The first-order valence-electron chi connectivity index (χ1n) is 6.48. The van der Waals surface area contributed by atoms with Gasteiger partial charge in [0.15, 0.2) is 0 Å². The van der Waals surface area contributed by atoms with Crippen LogP contribution >= 0.6 is 0 Å². The van der Waals surface area contributed by atoms with Crippen molar-refractivity contribution in [3.8, 4) is 0 Å². The summed E-state index contributed by atoms with van der Waals surface area (Å²) in [7, 11) is 0. The van der Waals surface area contributed by atoms with Crippen molar-refractivity contribution >= 4 is 6.01 Å². The predicted molar refractivity (Wildman–Crippen MR) is 69.1 cm³/mol. The minimum atomic E-state index is 0.424. The highest BCUT2D eigenvalue weighted by Gasteiger charge is 2.12. The molecule has 0 aliphatic carbocycles. The SMILES string of the molecule is CCCCN(CC)c1nnc(CNC(C)C)o1. The zero-order chi connectivity index (χ0) is 12.7. The summed E-state index contributed by atoms with van der Waals surface area (Å²) in [5.74, 6) is 0.656. The van der Waals surface area contributed by atoms with E-state index in [2.05, 4.69) is 48.1 Å². The van der Waals surface area contributed by atoms with E-state index in [1.54, 1.807) is 0 Å². The zero-order valence-electron chi connectivity index (χ0n) is 11.4. The summed E-state index contributed by atoms with van der Waals surface area (Å²) in [5.41, 5.74) is 0. The van der Waals surface area contributed by atoms with Crippen molar-refractivity contribution in [3.05, 3.63) is 5.89 Å². The summed E-state index contributed by atoms with van der Waals surface area (Å²) in [5, 5.41) is 11.4. The molecule has 0 saturated heterocycles. The molecule has 5 heteroatoms. The summed E-state index contributed by atoms with van der Waals surface area (Å²) in [6, 6.07) is 1.06. The van der Waals surface area contributed by atoms with Gasteiger partial charge in [-0.25, -0.2) is 0 Å². The number of rotatable bonds is 8. The molecule has 0 saturated carbocycles. The van der Waals surface area contributed by atoms with Crippen molar-refractivity contribution in [2.24, 2.45) is 0 Å². The van der Waals surface area contributed by atoms with Gasteiger partial charge in [0.25, 0.3) is 0 Å². The van der Waals surface area contributed by atoms with Crippen molar-refractivity contribution in [2.75, 3.05) is 18.0 Å². The Kier molecular flexibility index (Phi) is 5.97. The molecular weight excluding hydrogens is 216 g/mol. The van der Waals surface area contributed by atoms with Crippen LogP contribution in [0.25, 0.3) is 0 Å². The Labute approximate surface area is 104 Å². The average Bonchev–Trinajstić information content (AvgIpc) is 2.76. The van der Waals surface area contributed by atoms with Crippen LogP contribution in [-0.2, 0) is 6.54 Å². The Hall–Kier alpha value is -1.10. The molecule has 0 amide bonds. The summed E-state index contributed by atoms with van der Waals surface area (Å²) in [6.45, 7) is 11.0. The molecule has 0 bridgehead atoms. The van der Waals surface area contributed by atoms with Gasteiger partial charge in [0.2, 0.25) is 5.89 Å². The van der Waals surface area contributed by atoms with Crippen LogP contribution in [0.3, 0.4) is 0 Å². The molecule has 0 unspecified atom stereocenters. The van der Waals surface area contributed by atoms with E-state index < -0.39 is 0 Å². The predicted octanol–water partition coefficient (Wildman–Crippen LogP) is 2.19. The van der Waals surface area contributed by atoms with E-state index in [1.807, 2.05) is 0 Å². The molecule has 98 valence electrons. The Balaban J connectivity index is 2.52. The molecule has 0 aliphatic heterocycles. The fourth-order valence-electron chi connectivity index (χ4n) is 1.47. The van der Waals surface area contributed by atoms with Gasteiger partial charge in [-0.1, -0.05) is 32.3 Å². The number of unbranched alkanes of at least 4 members (excludes halogenated alkanes) is 1. The molecule has 0 aliphatic rings. The second kappa shape index (κ2) is 7.27. The lowest BCUT2D eigenvalue weighted by Crippen LogP contribution is -2.24. The molecule has 17 heavy (non-hydrogen) atoms. The molecule has 0 fully saturated rings. The first kappa shape index (κ1) is 14.0. The van der Waals surface area contributed by atoms with Crippen LogP contribution in [0.4, 0.5) is 6.01 Å². The largest absolute Gasteiger partial charge is 0.407 e. The van der Waals surface area contributed by atoms with E-state index in [0.717, 1.165) is 19.5 Å². The number of hydrogen-bond acceptors (Lipinski definition) is 5. The van der Waals surface area contributed by atoms with Gasteiger partial charge in [-0.05, 0) is 13.3 Å². The van der Waals surface area contributed by atoms with E-state index in [1.165, 1.54) is 6.42 Å². The van der Waals surface area contributed by atoms with E-state index in [9.17, 15) is 0 Å². The van der Waals surface area contributed by atoms with Gasteiger partial charge in [-0.3, -0.25) is 0 Å². The van der Waals surface area contributed by atoms with E-state index in [4.69, 9.17) is 4.42 Å². The second-order valence-electron chi connectivity index (χ2n) is 4.45. The summed E-state index contributed by atoms with van der Waals surface area (Å²) >= 11 is 0. The third-order valence-corrected chi connectivity index (χ3v) is 2.55. The number of anilines is 1. The number of aromatic nitrogens is 2. The van der Waals surface area contributed by atoms with Crippen molar-refractivity contribution in [1.29, 1.82) is 0 Å². The van der Waals surface area contributed by atoms with Gasteiger partial charge >= 0.3 is 6.01 Å². The molecule has 1 aromatic heterocycles. The van der Waals surface area contributed by atoms with Crippen molar-refractivity contribution in [2.45, 2.75) is 53.1 Å². The third-order valence-electron chi connectivity index (χ3n) is 2.55. The van der Waals surface area contributed by atoms with Crippen LogP contribution in [0.15, 0.2) is 4.42 Å². The molecule has 1 aromatic rings. The molecule has 5 nitrogen and oxygen atoms in total. The molecule has 0 atom stereocenters. The maximum absolute atomic E-state index is 5.63. The zero-order valence-corrected chi connectivity index (χ0v) is 11.4. The third kappa shape index (κ3) is 4.73. The Morgan fingerprint density at radius 3 is 2.65 bits per heavy atom. The molecule has 0 spiro atoms. The van der Waals surface area contributed by atoms with Gasteiger partial charge in [-0.2, -0.15) is 0 Å². The van der Waals surface area contributed by atoms with Crippen LogP contribution in [0.5, 0.6) is 0 Å². The average molecular weight is 240 g/mol. The fourth-order valence-corrected chi connectivity index (χ4v) is 1.47. The first-order chi connectivity index (χ1) is 8.17. The maximum atomic E-state index is 5.63. The van der Waals surface area contributed by atoms with Crippen LogP contribution in [-0.4, -0.2) is 29.3 Å². The molecule has 1 heterocycles. The minimum absolute atomic E-state index is 0.424. The quantitative estimate of drug-likeness (QED) is 0.755. The van der Waals surface area contributed by atoms with Crippen LogP contribution < -0.4 is 10.2 Å². The van der Waals surface area contributed by atoms with Crippen molar-refractivity contribution in [1.82, 2.24) is 15.5 Å². The Morgan fingerprint density at radius 1 is 1.29 bits per heavy atom. The molecule has 1 N–H and O–H groups in total. The second-order valence-corrected chi connectivity index (χ2v) is 4.45. The van der Waals surface area contributed by atoms with Gasteiger partial charge < -0.3 is 14.6 Å². The summed E-state index contributed by atoms with van der Waals surface area (Å²) < 4.78 is 5.63. The van der Waals surface area contributed by atoms with Crippen LogP contribution in [0.1, 0.15) is 46.4 Å². The lowest BCUT2D eigenvalue weighted by atomic mass is 10.3. The molecular formula is C12H24N4O. The highest BCUT2D eigenvalue weighted by molar-refractivity contribution is 5.23. The summed E-state index contributed by atoms with van der Waals surface area (Å²) in [6.07, 6.45) is 2.32. The van der Waals surface area contributed by atoms with Gasteiger partial charge in [0, 0.05) is 19.1 Å². The van der Waals surface area contributed by atoms with E-state index in [0.29, 0.717) is 24.5 Å². The Morgan fingerprint density at radius 2 is 2.06 bits per heavy atom. The lowest BCUT2D eigenvalue weighted by molar-refractivity contribution is 0.446. The lowest BCUT2D eigenvalue weighted by Gasteiger charge is -2.16. The van der Waals surface area contributed by atoms with Gasteiger partial charge in [0.05, 0.1) is 6.54 Å². The fraction of sp³-hybridized carbons (Fsp3) is 0.833. The molecule has 1 rings (SSSR count). The highest BCUT2D eigenvalue weighted by Crippen LogP contribution is 2.12. The standard InChI is InChI=1S/C12H24N4O/c1-5-7-8-16(6-2)12-15-14-11(17-12)9-13-10(3)4/h10,13H,5-9H2,1-4H3. The number of nitrogens with zero attached hydrogens (tertiary/aromatic N) is 3. The smallest absolute Gasteiger partial charge is 0.318 e.